The van der Waals surface area contributed by atoms with Crippen LogP contribution >= 0.6 is 0 Å². The summed E-state index contributed by atoms with van der Waals surface area (Å²) in [4.78, 5) is 0. The van der Waals surface area contributed by atoms with Crippen LogP contribution in [0.3, 0.4) is 0 Å². The first kappa shape index (κ1) is 101. The maximum Gasteiger partial charge on any atom is 0.0466 e. The second-order valence-electron chi connectivity index (χ2n) is 16.5. The third kappa shape index (κ3) is 285. The van der Waals surface area contributed by atoms with Crippen molar-refractivity contribution in [2.24, 2.45) is 35.5 Å². The summed E-state index contributed by atoms with van der Waals surface area (Å²) >= 11 is 0. The number of ether oxygens (including phenoxy) is 1. The van der Waals surface area contributed by atoms with E-state index in [0.717, 1.165) is 48.7 Å². The van der Waals surface area contributed by atoms with Gasteiger partial charge in [-0.3, -0.25) is 0 Å². The summed E-state index contributed by atoms with van der Waals surface area (Å²) in [7, 11) is 0. The monoisotopic (exact) mass is 913 g/mol. The molecule has 1 heterocycles. The van der Waals surface area contributed by atoms with E-state index in [1.165, 1.54) is 128 Å². The molecule has 0 radical (unpaired) electrons. The van der Waals surface area contributed by atoms with Crippen LogP contribution in [0.1, 0.15) is 364 Å². The standard InChI is InChI=1S/2C6H12.2C5H10.C4H8O.4C4H10.10C2H6/c1-5(2)6-3-4-6;1-2-4-6-5-3-1;3*1-2-4-5-3-1;4*1-4(2)3;10*1-2/h5-6H,3-4H2,1-2H3;1-6H2;2*1-5H2;1-4H2;4*4H,1-3H3;10*1-2H3. The average Bonchev–Trinajstić information content (AvgIpc) is 3.83. The molecule has 1 heteroatoms. The Morgan fingerprint density at radius 1 is 0.222 bits per heavy atom. The van der Waals surface area contributed by atoms with Crippen molar-refractivity contribution in [3.8, 4) is 0 Å². The fraction of sp³-hybridized carbons (Fsp3) is 1.00. The molecule has 0 atom stereocenters. The summed E-state index contributed by atoms with van der Waals surface area (Å²) in [5.74, 6) is 5.40. The van der Waals surface area contributed by atoms with Gasteiger partial charge >= 0.3 is 0 Å². The highest BCUT2D eigenvalue weighted by molar-refractivity contribution is 4.75. The SMILES string of the molecule is C1CCCC1.C1CCCC1.C1CCCCC1.C1CCOC1.CC.CC.CC.CC.CC.CC.CC.CC.CC.CC.CC(C)C.CC(C)C.CC(C)C.CC(C)C.CC(C)C1CC1. The molecular formula is C62H152O. The minimum Gasteiger partial charge on any atom is -0.381 e. The molecule has 5 fully saturated rings. The Hall–Kier alpha value is -0.0400. The predicted molar refractivity (Wildman–Crippen MR) is 317 cm³/mol. The highest BCUT2D eigenvalue weighted by Gasteiger charge is 2.23. The third-order valence-corrected chi connectivity index (χ3v) is 6.39. The number of hydrogen-bond acceptors (Lipinski definition) is 1. The van der Waals surface area contributed by atoms with Crippen molar-refractivity contribution in [2.45, 2.75) is 364 Å². The van der Waals surface area contributed by atoms with Crippen LogP contribution in [-0.2, 0) is 4.74 Å². The first-order chi connectivity index (χ1) is 30.2. The smallest absolute Gasteiger partial charge is 0.0466 e. The van der Waals surface area contributed by atoms with Gasteiger partial charge in [0.05, 0.1) is 0 Å². The molecule has 0 unspecified atom stereocenters. The van der Waals surface area contributed by atoms with Gasteiger partial charge in [-0.25, -0.2) is 0 Å². The first-order valence-electron chi connectivity index (χ1n) is 29.8. The van der Waals surface area contributed by atoms with E-state index in [0.29, 0.717) is 0 Å². The van der Waals surface area contributed by atoms with Gasteiger partial charge in [0.2, 0.25) is 0 Å². The van der Waals surface area contributed by atoms with Gasteiger partial charge in [0.25, 0.3) is 0 Å². The average molecular weight is 914 g/mol. The zero-order valence-corrected chi connectivity index (χ0v) is 53.4. The molecule has 1 nitrogen and oxygen atoms in total. The van der Waals surface area contributed by atoms with Crippen molar-refractivity contribution in [1.82, 2.24) is 0 Å². The van der Waals surface area contributed by atoms with Crippen molar-refractivity contribution in [3.63, 3.8) is 0 Å². The number of rotatable bonds is 1. The van der Waals surface area contributed by atoms with Gasteiger partial charge in [-0.05, 0) is 61.2 Å². The molecule has 406 valence electrons. The minimum atomic E-state index is 0.833. The summed E-state index contributed by atoms with van der Waals surface area (Å²) in [6.07, 6.45) is 29.6. The lowest BCUT2D eigenvalue weighted by Crippen LogP contribution is -1.85. The number of hydrogen-bond donors (Lipinski definition) is 0. The first-order valence-corrected chi connectivity index (χ1v) is 29.8. The molecule has 0 aromatic heterocycles. The molecule has 4 aliphatic carbocycles. The van der Waals surface area contributed by atoms with E-state index in [2.05, 4.69) is 96.9 Å². The second kappa shape index (κ2) is 137. The lowest BCUT2D eigenvalue weighted by atomic mass is 10.0. The van der Waals surface area contributed by atoms with Gasteiger partial charge in [-0.1, -0.05) is 338 Å². The van der Waals surface area contributed by atoms with Gasteiger partial charge in [-0.15, -0.1) is 0 Å². The van der Waals surface area contributed by atoms with Crippen LogP contribution in [0.4, 0.5) is 0 Å². The van der Waals surface area contributed by atoms with Gasteiger partial charge in [0, 0.05) is 13.2 Å². The molecule has 0 aromatic carbocycles. The molecule has 63 heavy (non-hydrogen) atoms. The van der Waals surface area contributed by atoms with E-state index in [4.69, 9.17) is 4.74 Å². The van der Waals surface area contributed by atoms with Crippen LogP contribution in [-0.4, -0.2) is 13.2 Å². The summed E-state index contributed by atoms with van der Waals surface area (Å²) in [5, 5.41) is 0. The molecule has 5 aliphatic rings. The Kier molecular flexibility index (Phi) is 220. The Bertz CT molecular complexity index is 324. The van der Waals surface area contributed by atoms with Gasteiger partial charge in [-0.2, -0.15) is 0 Å². The van der Waals surface area contributed by atoms with Crippen LogP contribution in [0.2, 0.25) is 0 Å². The van der Waals surface area contributed by atoms with E-state index in [1.807, 2.05) is 138 Å². The summed E-state index contributed by atoms with van der Waals surface area (Å²) in [5.41, 5.74) is 0. The van der Waals surface area contributed by atoms with E-state index in [-0.39, 0.29) is 0 Å². The fourth-order valence-corrected chi connectivity index (χ4v) is 4.10. The zero-order chi connectivity index (χ0) is 53.7. The molecule has 0 aromatic rings. The third-order valence-electron chi connectivity index (χ3n) is 6.39. The molecule has 1 saturated heterocycles. The maximum atomic E-state index is 4.94. The summed E-state index contributed by atoms with van der Waals surface area (Å²) in [6.45, 7) is 72.6. The molecule has 5 rings (SSSR count). The molecule has 1 aliphatic heterocycles. The van der Waals surface area contributed by atoms with Crippen molar-refractivity contribution in [1.29, 1.82) is 0 Å². The summed E-state index contributed by atoms with van der Waals surface area (Å²) in [6, 6.07) is 0. The van der Waals surface area contributed by atoms with Gasteiger partial charge in [0.1, 0.15) is 0 Å². The Morgan fingerprint density at radius 2 is 0.333 bits per heavy atom. The van der Waals surface area contributed by atoms with E-state index in [9.17, 15) is 0 Å². The van der Waals surface area contributed by atoms with Crippen LogP contribution in [0.5, 0.6) is 0 Å². The van der Waals surface area contributed by atoms with Crippen molar-refractivity contribution < 1.29 is 4.74 Å². The highest BCUT2D eigenvalue weighted by atomic mass is 16.5. The molecule has 0 spiro atoms. The lowest BCUT2D eigenvalue weighted by Gasteiger charge is -2.05. The van der Waals surface area contributed by atoms with E-state index < -0.39 is 0 Å². The van der Waals surface area contributed by atoms with Gasteiger partial charge in [0.15, 0.2) is 0 Å². The summed E-state index contributed by atoms with van der Waals surface area (Å²) < 4.78 is 4.94. The van der Waals surface area contributed by atoms with Crippen molar-refractivity contribution in [3.05, 3.63) is 0 Å². The molecule has 4 saturated carbocycles. The Labute approximate surface area is 415 Å². The zero-order valence-electron chi connectivity index (χ0n) is 53.4. The Balaban J connectivity index is -0.0000000342. The molecule has 0 bridgehead atoms. The van der Waals surface area contributed by atoms with Crippen LogP contribution in [0, 0.1) is 35.5 Å². The minimum absolute atomic E-state index is 0.833. The van der Waals surface area contributed by atoms with Crippen LogP contribution in [0.25, 0.3) is 0 Å². The predicted octanol–water partition coefficient (Wildman–Crippen LogP) is 26.0. The lowest BCUT2D eigenvalue weighted by molar-refractivity contribution is 0.198. The molecule has 0 amide bonds. The van der Waals surface area contributed by atoms with Crippen molar-refractivity contribution in [2.75, 3.05) is 13.2 Å². The highest BCUT2D eigenvalue weighted by Crippen LogP contribution is 2.35. The quantitative estimate of drug-likeness (QED) is 0.255. The molecule has 0 N–H and O–H groups in total. The van der Waals surface area contributed by atoms with Gasteiger partial charge < -0.3 is 4.74 Å². The van der Waals surface area contributed by atoms with E-state index in [1.54, 1.807) is 0 Å². The van der Waals surface area contributed by atoms with Crippen LogP contribution in [0.15, 0.2) is 0 Å². The topological polar surface area (TPSA) is 9.23 Å². The van der Waals surface area contributed by atoms with Crippen LogP contribution < -0.4 is 0 Å². The normalized spacial score (nSPS) is 13.4. The second-order valence-corrected chi connectivity index (χ2v) is 16.5. The van der Waals surface area contributed by atoms with E-state index >= 15 is 0 Å². The maximum absolute atomic E-state index is 4.94. The molecular weight excluding hydrogens is 761 g/mol. The largest absolute Gasteiger partial charge is 0.381 e. The fourth-order valence-electron chi connectivity index (χ4n) is 4.10. The van der Waals surface area contributed by atoms with Crippen molar-refractivity contribution >= 4 is 0 Å². The Morgan fingerprint density at radius 3 is 0.365 bits per heavy atom.